The molecule has 0 unspecified atom stereocenters. The number of benzene rings is 1. The minimum Gasteiger partial charge on any atom is -0.483 e. The highest BCUT2D eigenvalue weighted by molar-refractivity contribution is 5.77. The van der Waals surface area contributed by atoms with Gasteiger partial charge in [-0.1, -0.05) is 29.8 Å². The SMILES string of the molecule is Cc1cc(C)c(OCC(=O)N(C)C[C@@H](C)c2nn[nH]n2)c(C)c1. The zero-order valence-electron chi connectivity index (χ0n) is 14.3. The van der Waals surface area contributed by atoms with Crippen LogP contribution in [0.5, 0.6) is 5.75 Å². The van der Waals surface area contributed by atoms with E-state index in [9.17, 15) is 4.79 Å². The van der Waals surface area contributed by atoms with Crippen LogP contribution in [0.4, 0.5) is 0 Å². The molecule has 2 aromatic rings. The molecule has 0 saturated carbocycles. The summed E-state index contributed by atoms with van der Waals surface area (Å²) in [5.41, 5.74) is 3.26. The van der Waals surface area contributed by atoms with Crippen LogP contribution in [-0.4, -0.2) is 51.6 Å². The van der Waals surface area contributed by atoms with Gasteiger partial charge in [0.1, 0.15) is 5.75 Å². The molecule has 0 bridgehead atoms. The molecule has 1 aromatic heterocycles. The molecule has 0 aliphatic heterocycles. The van der Waals surface area contributed by atoms with Gasteiger partial charge >= 0.3 is 0 Å². The lowest BCUT2D eigenvalue weighted by Crippen LogP contribution is -2.34. The molecule has 0 aliphatic rings. The summed E-state index contributed by atoms with van der Waals surface area (Å²) in [6, 6.07) is 4.10. The molecule has 0 aliphatic carbocycles. The first-order valence-corrected chi connectivity index (χ1v) is 7.56. The van der Waals surface area contributed by atoms with E-state index in [1.165, 1.54) is 5.56 Å². The van der Waals surface area contributed by atoms with E-state index < -0.39 is 0 Å². The van der Waals surface area contributed by atoms with E-state index in [1.807, 2.05) is 27.7 Å². The minimum absolute atomic E-state index is 0.00514. The number of aromatic amines is 1. The van der Waals surface area contributed by atoms with Gasteiger partial charge in [-0.2, -0.15) is 5.21 Å². The van der Waals surface area contributed by atoms with Crippen LogP contribution in [0.2, 0.25) is 0 Å². The Labute approximate surface area is 136 Å². The lowest BCUT2D eigenvalue weighted by atomic mass is 10.1. The van der Waals surface area contributed by atoms with Gasteiger partial charge in [-0.15, -0.1) is 10.2 Å². The third-order valence-corrected chi connectivity index (χ3v) is 3.72. The standard InChI is InChI=1S/C16H23N5O2/c1-10-6-11(2)15(12(3)7-10)23-9-14(22)21(5)8-13(4)16-17-19-20-18-16/h6-7,13H,8-9H2,1-5H3,(H,17,18,19,20)/t13-/m1/s1. The van der Waals surface area contributed by atoms with Gasteiger partial charge in [0.2, 0.25) is 0 Å². The van der Waals surface area contributed by atoms with Crippen molar-refractivity contribution in [3.05, 3.63) is 34.6 Å². The molecule has 1 atom stereocenters. The molecule has 0 saturated heterocycles. The van der Waals surface area contributed by atoms with Crippen LogP contribution >= 0.6 is 0 Å². The zero-order valence-corrected chi connectivity index (χ0v) is 14.3. The molecule has 124 valence electrons. The molecule has 0 radical (unpaired) electrons. The van der Waals surface area contributed by atoms with Crippen molar-refractivity contribution in [3.63, 3.8) is 0 Å². The first-order chi connectivity index (χ1) is 10.9. The van der Waals surface area contributed by atoms with Gasteiger partial charge in [-0.25, -0.2) is 0 Å². The predicted octanol–water partition coefficient (Wildman–Crippen LogP) is 1.77. The van der Waals surface area contributed by atoms with E-state index in [0.29, 0.717) is 12.4 Å². The summed E-state index contributed by atoms with van der Waals surface area (Å²) in [4.78, 5) is 13.9. The summed E-state index contributed by atoms with van der Waals surface area (Å²) in [7, 11) is 1.75. The average molecular weight is 317 g/mol. The molecular weight excluding hydrogens is 294 g/mol. The number of likely N-dealkylation sites (N-methyl/N-ethyl adjacent to an activating group) is 1. The summed E-state index contributed by atoms with van der Waals surface area (Å²) in [5.74, 6) is 1.30. The zero-order chi connectivity index (χ0) is 17.0. The Morgan fingerprint density at radius 2 is 1.96 bits per heavy atom. The molecule has 1 amide bonds. The summed E-state index contributed by atoms with van der Waals surface area (Å²) in [6.45, 7) is 8.49. The monoisotopic (exact) mass is 317 g/mol. The Kier molecular flexibility index (Phi) is 5.31. The maximum Gasteiger partial charge on any atom is 0.260 e. The van der Waals surface area contributed by atoms with Crippen LogP contribution in [-0.2, 0) is 4.79 Å². The molecule has 1 heterocycles. The topological polar surface area (TPSA) is 84.0 Å². The van der Waals surface area contributed by atoms with E-state index in [4.69, 9.17) is 4.74 Å². The second-order valence-corrected chi connectivity index (χ2v) is 5.96. The Morgan fingerprint density at radius 3 is 2.52 bits per heavy atom. The summed E-state index contributed by atoms with van der Waals surface area (Å²) < 4.78 is 5.74. The molecule has 2 rings (SSSR count). The Balaban J connectivity index is 1.92. The third-order valence-electron chi connectivity index (χ3n) is 3.72. The first-order valence-electron chi connectivity index (χ1n) is 7.56. The van der Waals surface area contributed by atoms with E-state index >= 15 is 0 Å². The van der Waals surface area contributed by atoms with Crippen molar-refractivity contribution in [2.24, 2.45) is 0 Å². The summed E-state index contributed by atoms with van der Waals surface area (Å²) in [6.07, 6.45) is 0. The molecular formula is C16H23N5O2. The van der Waals surface area contributed by atoms with Crippen molar-refractivity contribution in [1.82, 2.24) is 25.5 Å². The quantitative estimate of drug-likeness (QED) is 0.877. The number of hydrogen-bond acceptors (Lipinski definition) is 5. The van der Waals surface area contributed by atoms with Gasteiger partial charge in [0.05, 0.1) is 0 Å². The number of aromatic nitrogens is 4. The van der Waals surface area contributed by atoms with Gasteiger partial charge in [-0.05, 0) is 31.9 Å². The normalized spacial score (nSPS) is 12.0. The van der Waals surface area contributed by atoms with Crippen molar-refractivity contribution in [3.8, 4) is 5.75 Å². The van der Waals surface area contributed by atoms with E-state index in [-0.39, 0.29) is 18.4 Å². The maximum atomic E-state index is 12.2. The van der Waals surface area contributed by atoms with Crippen LogP contribution in [0.3, 0.4) is 0 Å². The van der Waals surface area contributed by atoms with Crippen molar-refractivity contribution < 1.29 is 9.53 Å². The molecule has 1 aromatic carbocycles. The predicted molar refractivity (Wildman–Crippen MR) is 86.4 cm³/mol. The number of carbonyl (C=O) groups excluding carboxylic acids is 1. The van der Waals surface area contributed by atoms with Crippen LogP contribution in [0.1, 0.15) is 35.4 Å². The van der Waals surface area contributed by atoms with Gasteiger partial charge in [0, 0.05) is 19.5 Å². The average Bonchev–Trinajstić information content (AvgIpc) is 2.99. The molecule has 23 heavy (non-hydrogen) atoms. The Morgan fingerprint density at radius 1 is 1.30 bits per heavy atom. The van der Waals surface area contributed by atoms with E-state index in [0.717, 1.165) is 16.9 Å². The van der Waals surface area contributed by atoms with E-state index in [2.05, 4.69) is 32.8 Å². The second kappa shape index (κ2) is 7.21. The number of carbonyl (C=O) groups is 1. The van der Waals surface area contributed by atoms with Gasteiger partial charge < -0.3 is 9.64 Å². The maximum absolute atomic E-state index is 12.2. The Bertz CT molecular complexity index is 646. The number of tetrazole rings is 1. The fourth-order valence-electron chi connectivity index (χ4n) is 2.61. The van der Waals surface area contributed by atoms with Crippen LogP contribution < -0.4 is 4.74 Å². The number of nitrogens with zero attached hydrogens (tertiary/aromatic N) is 4. The lowest BCUT2D eigenvalue weighted by molar-refractivity contribution is -0.132. The van der Waals surface area contributed by atoms with Crippen LogP contribution in [0.15, 0.2) is 12.1 Å². The number of H-pyrrole nitrogens is 1. The largest absolute Gasteiger partial charge is 0.483 e. The van der Waals surface area contributed by atoms with Crippen LogP contribution in [0, 0.1) is 20.8 Å². The third kappa shape index (κ3) is 4.28. The van der Waals surface area contributed by atoms with Crippen molar-refractivity contribution in [2.45, 2.75) is 33.6 Å². The van der Waals surface area contributed by atoms with Crippen molar-refractivity contribution >= 4 is 5.91 Å². The van der Waals surface area contributed by atoms with E-state index in [1.54, 1.807) is 11.9 Å². The fraction of sp³-hybridized carbons (Fsp3) is 0.500. The number of rotatable bonds is 6. The van der Waals surface area contributed by atoms with Gasteiger partial charge in [-0.3, -0.25) is 4.79 Å². The first kappa shape index (κ1) is 16.9. The molecule has 7 nitrogen and oxygen atoms in total. The number of hydrogen-bond donors (Lipinski definition) is 1. The minimum atomic E-state index is -0.0836. The smallest absolute Gasteiger partial charge is 0.260 e. The van der Waals surface area contributed by atoms with Crippen molar-refractivity contribution in [1.29, 1.82) is 0 Å². The molecule has 0 spiro atoms. The highest BCUT2D eigenvalue weighted by Crippen LogP contribution is 2.24. The Hall–Kier alpha value is -2.44. The summed E-state index contributed by atoms with van der Waals surface area (Å²) in [5, 5.41) is 13.8. The summed E-state index contributed by atoms with van der Waals surface area (Å²) >= 11 is 0. The highest BCUT2D eigenvalue weighted by Gasteiger charge is 2.17. The van der Waals surface area contributed by atoms with Crippen molar-refractivity contribution in [2.75, 3.05) is 20.2 Å². The number of nitrogens with one attached hydrogen (secondary N) is 1. The van der Waals surface area contributed by atoms with Gasteiger partial charge in [0.15, 0.2) is 12.4 Å². The number of ether oxygens (including phenoxy) is 1. The number of aryl methyl sites for hydroxylation is 3. The van der Waals surface area contributed by atoms with Gasteiger partial charge in [0.25, 0.3) is 5.91 Å². The molecule has 0 fully saturated rings. The second-order valence-electron chi connectivity index (χ2n) is 5.96. The number of amides is 1. The molecule has 7 heteroatoms. The van der Waals surface area contributed by atoms with Crippen LogP contribution in [0.25, 0.3) is 0 Å². The molecule has 1 N–H and O–H groups in total. The fourth-order valence-corrected chi connectivity index (χ4v) is 2.61. The lowest BCUT2D eigenvalue weighted by Gasteiger charge is -2.21. The highest BCUT2D eigenvalue weighted by atomic mass is 16.5.